The summed E-state index contributed by atoms with van der Waals surface area (Å²) in [4.78, 5) is 4.67. The molecule has 0 saturated heterocycles. The van der Waals surface area contributed by atoms with Crippen LogP contribution in [0.5, 0.6) is 11.5 Å². The number of nitrogens with two attached hydrogens (primary N) is 1. The summed E-state index contributed by atoms with van der Waals surface area (Å²) >= 11 is 0. The van der Waals surface area contributed by atoms with Crippen molar-refractivity contribution in [2.45, 2.75) is 37.6 Å². The Kier molecular flexibility index (Phi) is 7.04. The van der Waals surface area contributed by atoms with Gasteiger partial charge < -0.3 is 20.5 Å². The standard InChI is InChI=1S/C22H27N3O2.HI/c1-26-17-9-10-18-15(13-17)5-4-6-16(18)14-24-22(23)25-20-11-12-27-21-8-3-2-7-19(20)21;/h2-3,7-10,13,16,20H,4-6,11-12,14H2,1H3,(H3,23,24,25);1H. The number of halogens is 1. The van der Waals surface area contributed by atoms with E-state index in [-0.39, 0.29) is 30.0 Å². The van der Waals surface area contributed by atoms with Crippen LogP contribution >= 0.6 is 24.0 Å². The van der Waals surface area contributed by atoms with Crippen molar-refractivity contribution in [3.8, 4) is 11.5 Å². The molecule has 0 bridgehead atoms. The quantitative estimate of drug-likeness (QED) is 0.382. The lowest BCUT2D eigenvalue weighted by molar-refractivity contribution is 0.262. The molecule has 0 amide bonds. The van der Waals surface area contributed by atoms with Crippen LogP contribution in [0.3, 0.4) is 0 Å². The van der Waals surface area contributed by atoms with E-state index in [1.165, 1.54) is 17.5 Å². The van der Waals surface area contributed by atoms with Gasteiger partial charge in [0.1, 0.15) is 11.5 Å². The Balaban J connectivity index is 0.00000225. The average Bonchev–Trinajstić information content (AvgIpc) is 2.72. The third-order valence-corrected chi connectivity index (χ3v) is 5.55. The van der Waals surface area contributed by atoms with Crippen LogP contribution in [-0.2, 0) is 6.42 Å². The first-order chi connectivity index (χ1) is 13.2. The number of guanidine groups is 1. The predicted molar refractivity (Wildman–Crippen MR) is 123 cm³/mol. The molecule has 1 aliphatic heterocycles. The molecule has 0 saturated carbocycles. The number of hydrogen-bond acceptors (Lipinski definition) is 3. The van der Waals surface area contributed by atoms with Gasteiger partial charge in [-0.15, -0.1) is 24.0 Å². The van der Waals surface area contributed by atoms with Gasteiger partial charge in [0.25, 0.3) is 0 Å². The summed E-state index contributed by atoms with van der Waals surface area (Å²) < 4.78 is 11.1. The highest BCUT2D eigenvalue weighted by atomic mass is 127. The molecule has 3 N–H and O–H groups in total. The number of hydrogen-bond donors (Lipinski definition) is 2. The van der Waals surface area contributed by atoms with Gasteiger partial charge in [0.2, 0.25) is 0 Å². The molecular formula is C22H28IN3O2. The Bertz CT molecular complexity index is 840. The minimum atomic E-state index is 0. The van der Waals surface area contributed by atoms with Gasteiger partial charge in [0.15, 0.2) is 5.96 Å². The Hall–Kier alpha value is -1.96. The number of aliphatic imine (C=N–C) groups is 1. The van der Waals surface area contributed by atoms with Crippen LogP contribution in [0.25, 0.3) is 0 Å². The number of fused-ring (bicyclic) bond motifs is 2. The molecule has 0 spiro atoms. The molecular weight excluding hydrogens is 465 g/mol. The van der Waals surface area contributed by atoms with E-state index in [4.69, 9.17) is 15.2 Å². The molecule has 2 atom stereocenters. The first-order valence-electron chi connectivity index (χ1n) is 9.69. The lowest BCUT2D eigenvalue weighted by atomic mass is 9.83. The van der Waals surface area contributed by atoms with E-state index < -0.39 is 0 Å². The highest BCUT2D eigenvalue weighted by molar-refractivity contribution is 14.0. The molecule has 0 aromatic heterocycles. The van der Waals surface area contributed by atoms with Gasteiger partial charge in [-0.1, -0.05) is 24.3 Å². The van der Waals surface area contributed by atoms with Crippen LogP contribution in [0.15, 0.2) is 47.5 Å². The van der Waals surface area contributed by atoms with E-state index in [1.54, 1.807) is 7.11 Å². The van der Waals surface area contributed by atoms with Crippen molar-refractivity contribution in [2.24, 2.45) is 10.7 Å². The molecule has 1 aliphatic carbocycles. The summed E-state index contributed by atoms with van der Waals surface area (Å²) in [6.07, 6.45) is 4.33. The van der Waals surface area contributed by atoms with Crippen molar-refractivity contribution in [1.82, 2.24) is 5.32 Å². The number of nitrogens with zero attached hydrogens (tertiary/aromatic N) is 1. The smallest absolute Gasteiger partial charge is 0.189 e. The fourth-order valence-electron chi connectivity index (χ4n) is 4.13. The van der Waals surface area contributed by atoms with Crippen LogP contribution in [0.4, 0.5) is 0 Å². The topological polar surface area (TPSA) is 68.9 Å². The van der Waals surface area contributed by atoms with Crippen molar-refractivity contribution in [3.05, 3.63) is 59.2 Å². The third-order valence-electron chi connectivity index (χ3n) is 5.55. The minimum absolute atomic E-state index is 0. The maximum absolute atomic E-state index is 6.22. The molecule has 150 valence electrons. The van der Waals surface area contributed by atoms with E-state index in [2.05, 4.69) is 28.5 Å². The molecule has 0 fully saturated rings. The average molecular weight is 493 g/mol. The van der Waals surface area contributed by atoms with Gasteiger partial charge in [-0.3, -0.25) is 4.99 Å². The second kappa shape index (κ2) is 9.49. The molecule has 6 heteroatoms. The lowest BCUT2D eigenvalue weighted by Gasteiger charge is -2.27. The van der Waals surface area contributed by atoms with Gasteiger partial charge in [-0.05, 0) is 48.6 Å². The summed E-state index contributed by atoms with van der Waals surface area (Å²) in [7, 11) is 1.72. The van der Waals surface area contributed by atoms with Crippen molar-refractivity contribution in [1.29, 1.82) is 0 Å². The lowest BCUT2D eigenvalue weighted by Crippen LogP contribution is -2.37. The zero-order chi connectivity index (χ0) is 18.6. The first kappa shape index (κ1) is 20.8. The van der Waals surface area contributed by atoms with E-state index in [0.717, 1.165) is 36.3 Å². The molecule has 1 heterocycles. The van der Waals surface area contributed by atoms with Crippen LogP contribution in [0, 0.1) is 0 Å². The largest absolute Gasteiger partial charge is 0.497 e. The number of rotatable bonds is 4. The number of methoxy groups -OCH3 is 1. The maximum atomic E-state index is 6.22. The molecule has 2 unspecified atom stereocenters. The van der Waals surface area contributed by atoms with E-state index in [9.17, 15) is 0 Å². The predicted octanol–water partition coefficient (Wildman–Crippen LogP) is 4.16. The van der Waals surface area contributed by atoms with Crippen molar-refractivity contribution < 1.29 is 9.47 Å². The fourth-order valence-corrected chi connectivity index (χ4v) is 4.13. The first-order valence-corrected chi connectivity index (χ1v) is 9.69. The minimum Gasteiger partial charge on any atom is -0.497 e. The molecule has 4 rings (SSSR count). The normalized spacial score (nSPS) is 20.8. The van der Waals surface area contributed by atoms with Gasteiger partial charge in [0.05, 0.1) is 19.8 Å². The zero-order valence-electron chi connectivity index (χ0n) is 16.2. The Labute approximate surface area is 183 Å². The Morgan fingerprint density at radius 3 is 2.93 bits per heavy atom. The molecule has 5 nitrogen and oxygen atoms in total. The SMILES string of the molecule is COc1ccc2c(c1)CCCC2CN=C(N)NC1CCOc2ccccc21.I. The summed E-state index contributed by atoms with van der Waals surface area (Å²) in [5.41, 5.74) is 10.1. The fraction of sp³-hybridized carbons (Fsp3) is 0.409. The highest BCUT2D eigenvalue weighted by Gasteiger charge is 2.23. The monoisotopic (exact) mass is 493 g/mol. The third kappa shape index (κ3) is 4.54. The highest BCUT2D eigenvalue weighted by Crippen LogP contribution is 2.34. The summed E-state index contributed by atoms with van der Waals surface area (Å²) in [6, 6.07) is 14.7. The molecule has 28 heavy (non-hydrogen) atoms. The van der Waals surface area contributed by atoms with Crippen LogP contribution in [0.2, 0.25) is 0 Å². The van der Waals surface area contributed by atoms with E-state index >= 15 is 0 Å². The zero-order valence-corrected chi connectivity index (χ0v) is 18.5. The van der Waals surface area contributed by atoms with Crippen molar-refractivity contribution in [2.75, 3.05) is 20.3 Å². The van der Waals surface area contributed by atoms with Crippen molar-refractivity contribution >= 4 is 29.9 Å². The second-order valence-electron chi connectivity index (χ2n) is 7.25. The van der Waals surface area contributed by atoms with Crippen LogP contribution in [0.1, 0.15) is 47.9 Å². The number of benzene rings is 2. The van der Waals surface area contributed by atoms with Gasteiger partial charge in [0, 0.05) is 24.4 Å². The van der Waals surface area contributed by atoms with Crippen molar-refractivity contribution in [3.63, 3.8) is 0 Å². The Morgan fingerprint density at radius 1 is 1.21 bits per heavy atom. The van der Waals surface area contributed by atoms with Gasteiger partial charge in [-0.2, -0.15) is 0 Å². The molecule has 2 aliphatic rings. The summed E-state index contributed by atoms with van der Waals surface area (Å²) in [5, 5.41) is 3.38. The van der Waals surface area contributed by atoms with E-state index in [0.29, 0.717) is 25.0 Å². The summed E-state index contributed by atoms with van der Waals surface area (Å²) in [5.74, 6) is 2.79. The van der Waals surface area contributed by atoms with Crippen LogP contribution in [-0.4, -0.2) is 26.2 Å². The number of aryl methyl sites for hydroxylation is 1. The Morgan fingerprint density at radius 2 is 2.07 bits per heavy atom. The molecule has 2 aromatic rings. The summed E-state index contributed by atoms with van der Waals surface area (Å²) in [6.45, 7) is 1.41. The number of ether oxygens (including phenoxy) is 2. The number of nitrogens with one attached hydrogen (secondary N) is 1. The van der Waals surface area contributed by atoms with E-state index in [1.807, 2.05) is 24.3 Å². The van der Waals surface area contributed by atoms with Gasteiger partial charge >= 0.3 is 0 Å². The number of para-hydroxylation sites is 1. The molecule has 2 aromatic carbocycles. The second-order valence-corrected chi connectivity index (χ2v) is 7.25. The molecule has 0 radical (unpaired) electrons. The van der Waals surface area contributed by atoms with Gasteiger partial charge in [-0.25, -0.2) is 0 Å². The maximum Gasteiger partial charge on any atom is 0.189 e. The van der Waals surface area contributed by atoms with Crippen LogP contribution < -0.4 is 20.5 Å².